The number of ether oxygens (including phenoxy) is 1. The largest absolute Gasteiger partial charge is 0.459 e. The standard InChI is InChI=1S/C15H20N2O2/c1-10-4-5-12-11(8-10)9-13(19-12)14(17-16)15(2)6-3-7-18-15/h4-5,8-9,14,17H,3,6-7,16H2,1-2H3. The zero-order chi connectivity index (χ0) is 13.5. The summed E-state index contributed by atoms with van der Waals surface area (Å²) in [6.07, 6.45) is 2.05. The summed E-state index contributed by atoms with van der Waals surface area (Å²) in [6, 6.07) is 8.10. The Balaban J connectivity index is 2.01. The number of hydrogen-bond acceptors (Lipinski definition) is 4. The van der Waals surface area contributed by atoms with Crippen molar-refractivity contribution >= 4 is 11.0 Å². The molecular weight excluding hydrogens is 240 g/mol. The predicted octanol–water partition coefficient (Wildman–Crippen LogP) is 2.81. The smallest absolute Gasteiger partial charge is 0.134 e. The zero-order valence-corrected chi connectivity index (χ0v) is 11.4. The summed E-state index contributed by atoms with van der Waals surface area (Å²) < 4.78 is 11.8. The van der Waals surface area contributed by atoms with Gasteiger partial charge in [0.2, 0.25) is 0 Å². The molecule has 0 amide bonds. The normalized spacial score (nSPS) is 25.0. The van der Waals surface area contributed by atoms with Crippen LogP contribution in [0.5, 0.6) is 0 Å². The van der Waals surface area contributed by atoms with Crippen LogP contribution in [0, 0.1) is 6.92 Å². The van der Waals surface area contributed by atoms with Crippen LogP contribution >= 0.6 is 0 Å². The van der Waals surface area contributed by atoms with Crippen LogP contribution in [0.3, 0.4) is 0 Å². The Bertz CT molecular complexity index is 585. The monoisotopic (exact) mass is 260 g/mol. The average Bonchev–Trinajstić information content (AvgIpc) is 2.96. The number of furan rings is 1. The highest BCUT2D eigenvalue weighted by Crippen LogP contribution is 2.38. The van der Waals surface area contributed by atoms with Gasteiger partial charge < -0.3 is 9.15 Å². The minimum absolute atomic E-state index is 0.122. The van der Waals surface area contributed by atoms with Crippen LogP contribution in [0.15, 0.2) is 28.7 Å². The van der Waals surface area contributed by atoms with E-state index in [0.717, 1.165) is 36.2 Å². The highest BCUT2D eigenvalue weighted by molar-refractivity contribution is 5.78. The maximum absolute atomic E-state index is 5.93. The highest BCUT2D eigenvalue weighted by Gasteiger charge is 2.40. The van der Waals surface area contributed by atoms with Crippen molar-refractivity contribution < 1.29 is 9.15 Å². The molecule has 19 heavy (non-hydrogen) atoms. The second-order valence-electron chi connectivity index (χ2n) is 5.55. The molecule has 2 unspecified atom stereocenters. The molecule has 4 heteroatoms. The number of nitrogens with one attached hydrogen (secondary N) is 1. The number of nitrogens with two attached hydrogens (primary N) is 1. The summed E-state index contributed by atoms with van der Waals surface area (Å²) in [5.74, 6) is 6.57. The molecule has 0 saturated carbocycles. The van der Waals surface area contributed by atoms with Crippen molar-refractivity contribution in [3.05, 3.63) is 35.6 Å². The molecule has 102 valence electrons. The molecule has 0 aliphatic carbocycles. The fourth-order valence-corrected chi connectivity index (χ4v) is 2.91. The van der Waals surface area contributed by atoms with Gasteiger partial charge in [-0.1, -0.05) is 11.6 Å². The van der Waals surface area contributed by atoms with E-state index in [2.05, 4.69) is 31.4 Å². The van der Waals surface area contributed by atoms with Crippen molar-refractivity contribution in [1.82, 2.24) is 5.43 Å². The summed E-state index contributed by atoms with van der Waals surface area (Å²) in [4.78, 5) is 0. The van der Waals surface area contributed by atoms with Gasteiger partial charge in [-0.2, -0.15) is 0 Å². The Morgan fingerprint density at radius 3 is 2.89 bits per heavy atom. The Morgan fingerprint density at radius 2 is 2.21 bits per heavy atom. The third-order valence-corrected chi connectivity index (χ3v) is 4.00. The fourth-order valence-electron chi connectivity index (χ4n) is 2.91. The van der Waals surface area contributed by atoms with Crippen LogP contribution in [-0.4, -0.2) is 12.2 Å². The second kappa shape index (κ2) is 4.63. The Labute approximate surface area is 112 Å². The van der Waals surface area contributed by atoms with Crippen molar-refractivity contribution in [2.45, 2.75) is 38.3 Å². The van der Waals surface area contributed by atoms with Gasteiger partial charge in [0, 0.05) is 12.0 Å². The van der Waals surface area contributed by atoms with Gasteiger partial charge in [-0.15, -0.1) is 0 Å². The maximum atomic E-state index is 5.93. The van der Waals surface area contributed by atoms with Gasteiger partial charge in [0.05, 0.1) is 5.60 Å². The first-order valence-corrected chi connectivity index (χ1v) is 6.72. The first-order chi connectivity index (χ1) is 9.12. The van der Waals surface area contributed by atoms with Gasteiger partial charge in [0.1, 0.15) is 17.4 Å². The fraction of sp³-hybridized carbons (Fsp3) is 0.467. The van der Waals surface area contributed by atoms with E-state index in [1.54, 1.807) is 0 Å². The van der Waals surface area contributed by atoms with Crippen LogP contribution < -0.4 is 11.3 Å². The summed E-state index contributed by atoms with van der Waals surface area (Å²) in [6.45, 7) is 4.95. The zero-order valence-electron chi connectivity index (χ0n) is 11.4. The quantitative estimate of drug-likeness (QED) is 0.658. The lowest BCUT2D eigenvalue weighted by atomic mass is 9.91. The molecule has 4 nitrogen and oxygen atoms in total. The molecule has 0 spiro atoms. The van der Waals surface area contributed by atoms with E-state index in [4.69, 9.17) is 15.0 Å². The number of hydrazine groups is 1. The molecule has 3 N–H and O–H groups in total. The molecule has 1 aromatic carbocycles. The molecule has 2 heterocycles. The van der Waals surface area contributed by atoms with Crippen LogP contribution in [0.1, 0.15) is 37.1 Å². The minimum atomic E-state index is -0.294. The third kappa shape index (κ3) is 2.16. The van der Waals surface area contributed by atoms with Gasteiger partial charge in [-0.3, -0.25) is 5.84 Å². The van der Waals surface area contributed by atoms with Gasteiger partial charge in [0.25, 0.3) is 0 Å². The summed E-state index contributed by atoms with van der Waals surface area (Å²) in [5.41, 5.74) is 4.68. The number of fused-ring (bicyclic) bond motifs is 1. The molecule has 1 aromatic heterocycles. The van der Waals surface area contributed by atoms with E-state index in [1.807, 2.05) is 12.1 Å². The minimum Gasteiger partial charge on any atom is -0.459 e. The molecule has 1 fully saturated rings. The topological polar surface area (TPSA) is 60.4 Å². The molecule has 3 rings (SSSR count). The molecule has 1 aliphatic rings. The Hall–Kier alpha value is -1.36. The van der Waals surface area contributed by atoms with Crippen LogP contribution in [0.4, 0.5) is 0 Å². The number of benzene rings is 1. The Morgan fingerprint density at radius 1 is 1.37 bits per heavy atom. The van der Waals surface area contributed by atoms with Gasteiger partial charge in [0.15, 0.2) is 0 Å². The van der Waals surface area contributed by atoms with Crippen molar-refractivity contribution in [2.75, 3.05) is 6.61 Å². The molecule has 1 aliphatic heterocycles. The van der Waals surface area contributed by atoms with Crippen LogP contribution in [-0.2, 0) is 4.74 Å². The molecule has 0 bridgehead atoms. The van der Waals surface area contributed by atoms with Crippen LogP contribution in [0.25, 0.3) is 11.0 Å². The van der Waals surface area contributed by atoms with E-state index in [1.165, 1.54) is 5.56 Å². The van der Waals surface area contributed by atoms with Gasteiger partial charge >= 0.3 is 0 Å². The molecule has 2 aromatic rings. The van der Waals surface area contributed by atoms with Crippen molar-refractivity contribution in [1.29, 1.82) is 0 Å². The third-order valence-electron chi connectivity index (χ3n) is 4.00. The highest BCUT2D eigenvalue weighted by atomic mass is 16.5. The SMILES string of the molecule is Cc1ccc2oc(C(NN)C3(C)CCCO3)cc2c1. The van der Waals surface area contributed by atoms with E-state index in [9.17, 15) is 0 Å². The lowest BCUT2D eigenvalue weighted by molar-refractivity contribution is -0.0177. The maximum Gasteiger partial charge on any atom is 0.134 e. The van der Waals surface area contributed by atoms with Crippen molar-refractivity contribution in [2.24, 2.45) is 5.84 Å². The Kier molecular flexibility index (Phi) is 3.09. The van der Waals surface area contributed by atoms with Crippen LogP contribution in [0.2, 0.25) is 0 Å². The number of hydrogen-bond donors (Lipinski definition) is 2. The van der Waals surface area contributed by atoms with E-state index in [-0.39, 0.29) is 11.6 Å². The first kappa shape index (κ1) is 12.7. The van der Waals surface area contributed by atoms with E-state index >= 15 is 0 Å². The summed E-state index contributed by atoms with van der Waals surface area (Å²) >= 11 is 0. The lowest BCUT2D eigenvalue weighted by Gasteiger charge is -2.31. The number of rotatable bonds is 3. The van der Waals surface area contributed by atoms with Crippen molar-refractivity contribution in [3.8, 4) is 0 Å². The second-order valence-corrected chi connectivity index (χ2v) is 5.55. The lowest BCUT2D eigenvalue weighted by Crippen LogP contribution is -2.44. The molecular formula is C15H20N2O2. The van der Waals surface area contributed by atoms with E-state index < -0.39 is 0 Å². The predicted molar refractivity (Wildman–Crippen MR) is 74.6 cm³/mol. The van der Waals surface area contributed by atoms with E-state index in [0.29, 0.717) is 0 Å². The van der Waals surface area contributed by atoms with Gasteiger partial charge in [-0.25, -0.2) is 5.43 Å². The number of aryl methyl sites for hydroxylation is 1. The van der Waals surface area contributed by atoms with Gasteiger partial charge in [-0.05, 0) is 44.9 Å². The molecule has 1 saturated heterocycles. The molecule has 2 atom stereocenters. The summed E-state index contributed by atoms with van der Waals surface area (Å²) in [7, 11) is 0. The average molecular weight is 260 g/mol. The first-order valence-electron chi connectivity index (χ1n) is 6.72. The molecule has 0 radical (unpaired) electrons. The van der Waals surface area contributed by atoms with Crippen molar-refractivity contribution in [3.63, 3.8) is 0 Å². The summed E-state index contributed by atoms with van der Waals surface area (Å²) in [5, 5.41) is 1.11.